The minimum absolute atomic E-state index is 0.109. The van der Waals surface area contributed by atoms with Gasteiger partial charge in [0.2, 0.25) is 5.91 Å². The molecular weight excluding hydrogens is 304 g/mol. The lowest BCUT2D eigenvalue weighted by Gasteiger charge is -2.32. The monoisotopic (exact) mass is 334 g/mol. The van der Waals surface area contributed by atoms with Crippen LogP contribution in [0.15, 0.2) is 24.3 Å². The van der Waals surface area contributed by atoms with Gasteiger partial charge in [-0.2, -0.15) is 0 Å². The van der Waals surface area contributed by atoms with Gasteiger partial charge in [0.15, 0.2) is 0 Å². The molecule has 1 saturated heterocycles. The number of carbonyl (C=O) groups is 1. The Morgan fingerprint density at radius 3 is 2.62 bits per heavy atom. The maximum Gasteiger partial charge on any atom is 0.222 e. The number of piperidine rings is 1. The number of hydrogen-bond acceptors (Lipinski definition) is 4. The molecule has 134 valence electrons. The standard InChI is InChI=1S/C19H30N2O3/c1-14(2)17-6-4-5-7-18(17)24-13-16(22)12-21-10-8-15(9-11-21)19(23)20-3/h4-7,14-16,22H,8-13H2,1-3H3,(H,20,23). The Labute approximate surface area is 145 Å². The maximum atomic E-state index is 11.6. The van der Waals surface area contributed by atoms with Gasteiger partial charge in [0.25, 0.3) is 0 Å². The topological polar surface area (TPSA) is 61.8 Å². The third kappa shape index (κ3) is 5.21. The second-order valence-corrected chi connectivity index (χ2v) is 6.85. The molecule has 0 spiro atoms. The van der Waals surface area contributed by atoms with Gasteiger partial charge in [0.05, 0.1) is 0 Å². The highest BCUT2D eigenvalue weighted by Crippen LogP contribution is 2.26. The van der Waals surface area contributed by atoms with Gasteiger partial charge in [-0.05, 0) is 43.5 Å². The molecule has 0 bridgehead atoms. The number of amides is 1. The fourth-order valence-electron chi connectivity index (χ4n) is 3.21. The summed E-state index contributed by atoms with van der Waals surface area (Å²) >= 11 is 0. The smallest absolute Gasteiger partial charge is 0.222 e. The van der Waals surface area contributed by atoms with Crippen LogP contribution in [0.4, 0.5) is 0 Å². The Balaban J connectivity index is 1.76. The van der Waals surface area contributed by atoms with Crippen LogP contribution in [0, 0.1) is 5.92 Å². The molecule has 2 N–H and O–H groups in total. The van der Waals surface area contributed by atoms with Gasteiger partial charge in [-0.25, -0.2) is 0 Å². The minimum Gasteiger partial charge on any atom is -0.491 e. The number of carbonyl (C=O) groups excluding carboxylic acids is 1. The van der Waals surface area contributed by atoms with Gasteiger partial charge < -0.3 is 20.1 Å². The van der Waals surface area contributed by atoms with Crippen LogP contribution in [0.1, 0.15) is 38.2 Å². The first kappa shape index (κ1) is 18.7. The Morgan fingerprint density at radius 1 is 1.33 bits per heavy atom. The summed E-state index contributed by atoms with van der Waals surface area (Å²) in [5, 5.41) is 13.0. The van der Waals surface area contributed by atoms with E-state index in [1.165, 1.54) is 0 Å². The third-order valence-electron chi connectivity index (χ3n) is 4.65. The van der Waals surface area contributed by atoms with Crippen molar-refractivity contribution in [1.82, 2.24) is 10.2 Å². The average Bonchev–Trinajstić information content (AvgIpc) is 2.60. The van der Waals surface area contributed by atoms with E-state index in [-0.39, 0.29) is 11.8 Å². The molecule has 0 saturated carbocycles. The third-order valence-corrected chi connectivity index (χ3v) is 4.65. The van der Waals surface area contributed by atoms with Crippen LogP contribution in [-0.4, -0.2) is 55.3 Å². The zero-order valence-electron chi connectivity index (χ0n) is 15.0. The normalized spacial score (nSPS) is 17.7. The summed E-state index contributed by atoms with van der Waals surface area (Å²) in [6.07, 6.45) is 1.18. The molecule has 0 radical (unpaired) electrons. The van der Waals surface area contributed by atoms with Crippen molar-refractivity contribution >= 4 is 5.91 Å². The molecule has 1 unspecified atom stereocenters. The number of benzene rings is 1. The molecule has 0 aliphatic carbocycles. The SMILES string of the molecule is CNC(=O)C1CCN(CC(O)COc2ccccc2C(C)C)CC1. The number of ether oxygens (including phenoxy) is 1. The van der Waals surface area contributed by atoms with Crippen LogP contribution in [-0.2, 0) is 4.79 Å². The number of aliphatic hydroxyl groups is 1. The second kappa shape index (κ2) is 9.04. The molecule has 24 heavy (non-hydrogen) atoms. The molecule has 1 heterocycles. The first-order valence-electron chi connectivity index (χ1n) is 8.85. The van der Waals surface area contributed by atoms with Crippen molar-refractivity contribution in [2.24, 2.45) is 5.92 Å². The van der Waals surface area contributed by atoms with Crippen LogP contribution < -0.4 is 10.1 Å². The van der Waals surface area contributed by atoms with E-state index in [9.17, 15) is 9.90 Å². The van der Waals surface area contributed by atoms with Crippen LogP contribution in [0.2, 0.25) is 0 Å². The van der Waals surface area contributed by atoms with E-state index in [4.69, 9.17) is 4.74 Å². The minimum atomic E-state index is -0.526. The van der Waals surface area contributed by atoms with Crippen molar-refractivity contribution in [3.63, 3.8) is 0 Å². The molecule has 1 atom stereocenters. The lowest BCUT2D eigenvalue weighted by atomic mass is 9.96. The van der Waals surface area contributed by atoms with Crippen molar-refractivity contribution in [1.29, 1.82) is 0 Å². The second-order valence-electron chi connectivity index (χ2n) is 6.85. The van der Waals surface area contributed by atoms with E-state index in [0.29, 0.717) is 19.1 Å². The molecule has 5 nitrogen and oxygen atoms in total. The fraction of sp³-hybridized carbons (Fsp3) is 0.632. The quantitative estimate of drug-likeness (QED) is 0.801. The van der Waals surface area contributed by atoms with Crippen LogP contribution in [0.3, 0.4) is 0 Å². The number of nitrogens with zero attached hydrogens (tertiary/aromatic N) is 1. The van der Waals surface area contributed by atoms with Crippen LogP contribution in [0.5, 0.6) is 5.75 Å². The number of β-amino-alcohol motifs (C(OH)–C–C–N with tert-alkyl or cyclic N) is 1. The molecule has 1 amide bonds. The zero-order valence-corrected chi connectivity index (χ0v) is 15.0. The van der Waals surface area contributed by atoms with Crippen molar-refractivity contribution in [3.8, 4) is 5.75 Å². The maximum absolute atomic E-state index is 11.6. The first-order chi connectivity index (χ1) is 11.5. The number of nitrogens with one attached hydrogen (secondary N) is 1. The summed E-state index contributed by atoms with van der Waals surface area (Å²) in [6.45, 7) is 6.84. The summed E-state index contributed by atoms with van der Waals surface area (Å²) in [5.41, 5.74) is 1.16. The molecule has 0 aromatic heterocycles. The molecule has 1 aromatic rings. The summed E-state index contributed by atoms with van der Waals surface area (Å²) in [6, 6.07) is 7.99. The first-order valence-corrected chi connectivity index (χ1v) is 8.85. The van der Waals surface area contributed by atoms with E-state index < -0.39 is 6.10 Å². The Bertz CT molecular complexity index is 525. The van der Waals surface area contributed by atoms with Crippen molar-refractivity contribution < 1.29 is 14.6 Å². The van der Waals surface area contributed by atoms with Gasteiger partial charge in [0.1, 0.15) is 18.5 Å². The van der Waals surface area contributed by atoms with E-state index in [0.717, 1.165) is 37.2 Å². The lowest BCUT2D eigenvalue weighted by molar-refractivity contribution is -0.126. The Morgan fingerprint density at radius 2 is 2.00 bits per heavy atom. The molecule has 1 aromatic carbocycles. The van der Waals surface area contributed by atoms with Gasteiger partial charge >= 0.3 is 0 Å². The fourth-order valence-corrected chi connectivity index (χ4v) is 3.21. The van der Waals surface area contributed by atoms with E-state index in [2.05, 4.69) is 30.1 Å². The summed E-state index contributed by atoms with van der Waals surface area (Å²) in [5.74, 6) is 1.48. The predicted octanol–water partition coefficient (Wildman–Crippen LogP) is 2.01. The van der Waals surface area contributed by atoms with Gasteiger partial charge in [-0.1, -0.05) is 32.0 Å². The van der Waals surface area contributed by atoms with E-state index in [1.54, 1.807) is 7.05 Å². The van der Waals surface area contributed by atoms with Crippen LogP contribution in [0.25, 0.3) is 0 Å². The largest absolute Gasteiger partial charge is 0.491 e. The number of likely N-dealkylation sites (tertiary alicyclic amines) is 1. The number of rotatable bonds is 7. The summed E-state index contributed by atoms with van der Waals surface area (Å²) in [7, 11) is 1.69. The van der Waals surface area contributed by atoms with E-state index >= 15 is 0 Å². The van der Waals surface area contributed by atoms with Crippen molar-refractivity contribution in [3.05, 3.63) is 29.8 Å². The van der Waals surface area contributed by atoms with Gasteiger partial charge in [-0.15, -0.1) is 0 Å². The highest BCUT2D eigenvalue weighted by Gasteiger charge is 2.25. The van der Waals surface area contributed by atoms with Crippen LogP contribution >= 0.6 is 0 Å². The highest BCUT2D eigenvalue weighted by atomic mass is 16.5. The number of aliphatic hydroxyl groups excluding tert-OH is 1. The van der Waals surface area contributed by atoms with Gasteiger partial charge in [0, 0.05) is 19.5 Å². The van der Waals surface area contributed by atoms with E-state index in [1.807, 2.05) is 18.2 Å². The van der Waals surface area contributed by atoms with Crippen molar-refractivity contribution in [2.45, 2.75) is 38.7 Å². The predicted molar refractivity (Wildman–Crippen MR) is 95.3 cm³/mol. The summed E-state index contributed by atoms with van der Waals surface area (Å²) in [4.78, 5) is 13.9. The number of hydrogen-bond donors (Lipinski definition) is 2. The number of para-hydroxylation sites is 1. The summed E-state index contributed by atoms with van der Waals surface area (Å²) < 4.78 is 5.84. The molecular formula is C19H30N2O3. The molecule has 2 rings (SSSR count). The zero-order chi connectivity index (χ0) is 17.5. The molecule has 1 aliphatic heterocycles. The molecule has 1 aliphatic rings. The molecule has 5 heteroatoms. The Kier molecular flexibility index (Phi) is 7.06. The molecule has 1 fully saturated rings. The van der Waals surface area contributed by atoms with Gasteiger partial charge in [-0.3, -0.25) is 4.79 Å². The average molecular weight is 334 g/mol. The van der Waals surface area contributed by atoms with Crippen molar-refractivity contribution in [2.75, 3.05) is 33.3 Å². The highest BCUT2D eigenvalue weighted by molar-refractivity contribution is 5.78. The lowest BCUT2D eigenvalue weighted by Crippen LogP contribution is -2.43. The Hall–Kier alpha value is -1.59.